The molecule has 1 heterocycles. The van der Waals surface area contributed by atoms with Crippen LogP contribution in [0.5, 0.6) is 0 Å². The molecule has 2 nitrogen and oxygen atoms in total. The maximum atomic E-state index is 8.24. The molecular weight excluding hydrogens is 207 g/mol. The van der Waals surface area contributed by atoms with Gasteiger partial charge in [-0.2, -0.15) is 5.26 Å². The lowest BCUT2D eigenvalue weighted by molar-refractivity contribution is 1.32. The maximum absolute atomic E-state index is 8.24. The molecule has 0 atom stereocenters. The number of hydrogen-bond acceptors (Lipinski definition) is 2. The molecule has 0 fully saturated rings. The summed E-state index contributed by atoms with van der Waals surface area (Å²) < 4.78 is 0. The second-order valence-corrected chi connectivity index (χ2v) is 2.84. The van der Waals surface area contributed by atoms with E-state index in [4.69, 9.17) is 28.5 Å². The van der Waals surface area contributed by atoms with Gasteiger partial charge >= 0.3 is 0 Å². The lowest BCUT2D eigenvalue weighted by Crippen LogP contribution is -1.81. The molecule has 13 heavy (non-hydrogen) atoms. The highest BCUT2D eigenvalue weighted by Gasteiger charge is 2.01. The van der Waals surface area contributed by atoms with Crippen LogP contribution in [0.2, 0.25) is 10.2 Å². The summed E-state index contributed by atoms with van der Waals surface area (Å²) in [5, 5.41) is 8.80. The van der Waals surface area contributed by atoms with Crippen LogP contribution in [0.1, 0.15) is 12.0 Å². The number of nitriles is 1. The van der Waals surface area contributed by atoms with Crippen LogP contribution in [0, 0.1) is 23.2 Å². The lowest BCUT2D eigenvalue weighted by atomic mass is 10.2. The van der Waals surface area contributed by atoms with Crippen LogP contribution in [0.25, 0.3) is 0 Å². The molecule has 0 spiro atoms. The third-order valence-electron chi connectivity index (χ3n) is 1.24. The molecule has 0 N–H and O–H groups in total. The Bertz CT molecular complexity index is 410. The minimum atomic E-state index is 0.177. The van der Waals surface area contributed by atoms with Gasteiger partial charge in [-0.3, -0.25) is 0 Å². The standard InChI is InChI=1S/C9H4Cl2N2/c10-8-7(3-1-2-5-12)4-6-13-9(8)11/h4,6H,2H2. The van der Waals surface area contributed by atoms with Crippen molar-refractivity contribution in [1.29, 1.82) is 5.26 Å². The fourth-order valence-corrected chi connectivity index (χ4v) is 1.01. The zero-order valence-electron chi connectivity index (χ0n) is 6.51. The fraction of sp³-hybridized carbons (Fsp3) is 0.111. The SMILES string of the molecule is N#CCC#Cc1ccnc(Cl)c1Cl. The monoisotopic (exact) mass is 210 g/mol. The van der Waals surface area contributed by atoms with Crippen molar-refractivity contribution < 1.29 is 0 Å². The molecule has 0 aliphatic heterocycles. The third kappa shape index (κ3) is 2.63. The number of aromatic nitrogens is 1. The van der Waals surface area contributed by atoms with Crippen LogP contribution in [0.3, 0.4) is 0 Å². The summed E-state index contributed by atoms with van der Waals surface area (Å²) >= 11 is 11.4. The molecule has 0 bridgehead atoms. The van der Waals surface area contributed by atoms with Gasteiger partial charge in [0, 0.05) is 11.8 Å². The molecule has 0 radical (unpaired) electrons. The zero-order valence-corrected chi connectivity index (χ0v) is 8.02. The summed E-state index contributed by atoms with van der Waals surface area (Å²) in [6.07, 6.45) is 1.70. The van der Waals surface area contributed by atoms with Gasteiger partial charge < -0.3 is 0 Å². The largest absolute Gasteiger partial charge is 0.243 e. The predicted octanol–water partition coefficient (Wildman–Crippen LogP) is 2.65. The highest BCUT2D eigenvalue weighted by molar-refractivity contribution is 6.41. The number of rotatable bonds is 0. The Balaban J connectivity index is 2.99. The Morgan fingerprint density at radius 2 is 2.23 bits per heavy atom. The lowest BCUT2D eigenvalue weighted by Gasteiger charge is -1.95. The van der Waals surface area contributed by atoms with Crippen molar-refractivity contribution in [3.05, 3.63) is 28.0 Å². The van der Waals surface area contributed by atoms with Crippen LogP contribution < -0.4 is 0 Å². The zero-order chi connectivity index (χ0) is 9.68. The molecule has 0 saturated heterocycles. The summed E-state index contributed by atoms with van der Waals surface area (Å²) in [6, 6.07) is 3.56. The van der Waals surface area contributed by atoms with Gasteiger partial charge in [0.15, 0.2) is 0 Å². The Morgan fingerprint density at radius 3 is 2.92 bits per heavy atom. The van der Waals surface area contributed by atoms with Gasteiger partial charge in [0.2, 0.25) is 0 Å². The number of halogens is 2. The van der Waals surface area contributed by atoms with Crippen LogP contribution in [0.4, 0.5) is 0 Å². The first-order valence-corrected chi connectivity index (χ1v) is 4.17. The first kappa shape index (κ1) is 9.86. The van der Waals surface area contributed by atoms with Crippen LogP contribution in [-0.4, -0.2) is 4.98 Å². The topological polar surface area (TPSA) is 36.7 Å². The van der Waals surface area contributed by atoms with Gasteiger partial charge in [0.1, 0.15) is 5.15 Å². The molecule has 4 heteroatoms. The number of pyridine rings is 1. The molecule has 0 unspecified atom stereocenters. The number of nitrogens with zero attached hydrogens (tertiary/aromatic N) is 2. The van der Waals surface area contributed by atoms with Crippen molar-refractivity contribution in [3.63, 3.8) is 0 Å². The molecule has 64 valence electrons. The van der Waals surface area contributed by atoms with Gasteiger partial charge in [-0.25, -0.2) is 4.98 Å². The van der Waals surface area contributed by atoms with E-state index in [2.05, 4.69) is 16.8 Å². The highest BCUT2D eigenvalue weighted by atomic mass is 35.5. The van der Waals surface area contributed by atoms with Crippen molar-refractivity contribution in [2.75, 3.05) is 0 Å². The molecular formula is C9H4Cl2N2. The average Bonchev–Trinajstić information content (AvgIpc) is 2.13. The Hall–Kier alpha value is -1.22. The summed E-state index contributed by atoms with van der Waals surface area (Å²) in [7, 11) is 0. The van der Waals surface area contributed by atoms with Crippen molar-refractivity contribution in [3.8, 4) is 17.9 Å². The van der Waals surface area contributed by atoms with E-state index < -0.39 is 0 Å². The second kappa shape index (κ2) is 4.72. The smallest absolute Gasteiger partial charge is 0.148 e. The molecule has 0 amide bonds. The van der Waals surface area contributed by atoms with Gasteiger partial charge in [0.05, 0.1) is 17.5 Å². The van der Waals surface area contributed by atoms with E-state index >= 15 is 0 Å². The van der Waals surface area contributed by atoms with Crippen molar-refractivity contribution in [2.24, 2.45) is 0 Å². The minimum Gasteiger partial charge on any atom is -0.243 e. The summed E-state index contributed by atoms with van der Waals surface area (Å²) in [6.45, 7) is 0. The maximum Gasteiger partial charge on any atom is 0.148 e. The van der Waals surface area contributed by atoms with E-state index in [0.29, 0.717) is 10.6 Å². The van der Waals surface area contributed by atoms with E-state index in [1.807, 2.05) is 6.07 Å². The molecule has 1 rings (SSSR count). The first-order valence-electron chi connectivity index (χ1n) is 3.41. The second-order valence-electron chi connectivity index (χ2n) is 2.10. The molecule has 1 aromatic rings. The third-order valence-corrected chi connectivity index (χ3v) is 2.00. The minimum absolute atomic E-state index is 0.177. The Labute approximate surface area is 86.1 Å². The fourth-order valence-electron chi connectivity index (χ4n) is 0.694. The van der Waals surface area contributed by atoms with E-state index in [9.17, 15) is 0 Å². The molecule has 0 aliphatic rings. The van der Waals surface area contributed by atoms with Gasteiger partial charge in [-0.1, -0.05) is 35.0 Å². The quantitative estimate of drug-likeness (QED) is 0.488. The van der Waals surface area contributed by atoms with E-state index in [1.165, 1.54) is 6.20 Å². The van der Waals surface area contributed by atoms with E-state index in [0.717, 1.165) is 0 Å². The molecule has 1 aromatic heterocycles. The van der Waals surface area contributed by atoms with Gasteiger partial charge in [-0.05, 0) is 6.07 Å². The van der Waals surface area contributed by atoms with Gasteiger partial charge in [0.25, 0.3) is 0 Å². The van der Waals surface area contributed by atoms with Gasteiger partial charge in [-0.15, -0.1) is 0 Å². The van der Waals surface area contributed by atoms with Crippen LogP contribution in [-0.2, 0) is 0 Å². The average molecular weight is 211 g/mol. The van der Waals surface area contributed by atoms with Crippen molar-refractivity contribution in [2.45, 2.75) is 6.42 Å². The predicted molar refractivity (Wildman–Crippen MR) is 51.4 cm³/mol. The van der Waals surface area contributed by atoms with E-state index in [-0.39, 0.29) is 11.6 Å². The normalized spacial score (nSPS) is 8.38. The van der Waals surface area contributed by atoms with Crippen molar-refractivity contribution >= 4 is 23.2 Å². The van der Waals surface area contributed by atoms with Crippen molar-refractivity contribution in [1.82, 2.24) is 4.98 Å². The van der Waals surface area contributed by atoms with Crippen LogP contribution >= 0.6 is 23.2 Å². The first-order chi connectivity index (χ1) is 6.25. The Morgan fingerprint density at radius 1 is 1.46 bits per heavy atom. The molecule has 0 saturated carbocycles. The highest BCUT2D eigenvalue weighted by Crippen LogP contribution is 2.22. The summed E-state index contributed by atoms with van der Waals surface area (Å²) in [5.41, 5.74) is 0.594. The van der Waals surface area contributed by atoms with Crippen LogP contribution in [0.15, 0.2) is 12.3 Å². The Kier molecular flexibility index (Phi) is 3.58. The number of hydrogen-bond donors (Lipinski definition) is 0. The summed E-state index contributed by atoms with van der Waals surface area (Å²) in [5.74, 6) is 5.36. The summed E-state index contributed by atoms with van der Waals surface area (Å²) in [4.78, 5) is 3.77. The van der Waals surface area contributed by atoms with E-state index in [1.54, 1.807) is 6.07 Å². The molecule has 0 aromatic carbocycles. The molecule has 0 aliphatic carbocycles.